The van der Waals surface area contributed by atoms with Gasteiger partial charge in [0.1, 0.15) is 5.65 Å². The molecule has 0 saturated carbocycles. The molecule has 9 heteroatoms. The first-order valence-electron chi connectivity index (χ1n) is 11.8. The van der Waals surface area contributed by atoms with Gasteiger partial charge in [0.15, 0.2) is 0 Å². The summed E-state index contributed by atoms with van der Waals surface area (Å²) in [5.41, 5.74) is -1.14. The molecule has 1 N–H and O–H groups in total. The van der Waals surface area contributed by atoms with E-state index in [0.717, 1.165) is 24.2 Å². The lowest BCUT2D eigenvalue weighted by Gasteiger charge is -2.20. The van der Waals surface area contributed by atoms with E-state index in [9.17, 15) is 19.2 Å². The number of rotatable bonds is 8. The van der Waals surface area contributed by atoms with Crippen molar-refractivity contribution in [2.24, 2.45) is 7.05 Å². The van der Waals surface area contributed by atoms with Gasteiger partial charge >= 0.3 is 5.69 Å². The van der Waals surface area contributed by atoms with E-state index in [0.29, 0.717) is 25.9 Å². The number of likely N-dealkylation sites (tertiary alicyclic amines) is 1. The zero-order valence-electron chi connectivity index (χ0n) is 19.5. The van der Waals surface area contributed by atoms with Gasteiger partial charge in [-0.1, -0.05) is 26.7 Å². The number of aryl methyl sites for hydroxylation is 2. The van der Waals surface area contributed by atoms with Gasteiger partial charge < -0.3 is 10.2 Å². The number of carbonyl (C=O) groups is 1. The van der Waals surface area contributed by atoms with Gasteiger partial charge in [0.25, 0.3) is 17.0 Å². The van der Waals surface area contributed by atoms with Crippen LogP contribution in [0.3, 0.4) is 0 Å². The van der Waals surface area contributed by atoms with Crippen LogP contribution in [-0.2, 0) is 20.1 Å². The third-order valence-electron chi connectivity index (χ3n) is 6.13. The number of pyridine rings is 1. The molecular formula is C23H35N5O4. The van der Waals surface area contributed by atoms with E-state index in [2.05, 4.69) is 10.2 Å². The van der Waals surface area contributed by atoms with Crippen LogP contribution in [0.5, 0.6) is 0 Å². The monoisotopic (exact) mass is 445 g/mol. The fourth-order valence-corrected chi connectivity index (χ4v) is 4.51. The minimum absolute atomic E-state index is 0.0404. The standard InChI is InChI=1S/C23H35N5O4/c1-4-11-27-18(29)16-17(20(30)24-10-15-26-13-8-6-7-9-14-26)19-21(27)25(3)23(32)28(12-5-2)22(19)31/h16H,4-15H2,1-3H3,(H,24,30). The molecule has 0 bridgehead atoms. The van der Waals surface area contributed by atoms with E-state index >= 15 is 0 Å². The maximum atomic E-state index is 13.3. The predicted molar refractivity (Wildman–Crippen MR) is 126 cm³/mol. The average Bonchev–Trinajstić information content (AvgIpc) is 3.05. The van der Waals surface area contributed by atoms with Gasteiger partial charge in [-0.3, -0.25) is 28.1 Å². The second-order valence-electron chi connectivity index (χ2n) is 8.56. The van der Waals surface area contributed by atoms with Crippen molar-refractivity contribution >= 4 is 16.9 Å². The van der Waals surface area contributed by atoms with Gasteiger partial charge in [-0.15, -0.1) is 0 Å². The van der Waals surface area contributed by atoms with Gasteiger partial charge in [0.05, 0.1) is 10.9 Å². The van der Waals surface area contributed by atoms with Gasteiger partial charge in [-0.25, -0.2) is 4.79 Å². The molecular weight excluding hydrogens is 410 g/mol. The lowest BCUT2D eigenvalue weighted by Crippen LogP contribution is -2.43. The fourth-order valence-electron chi connectivity index (χ4n) is 4.51. The van der Waals surface area contributed by atoms with E-state index in [1.54, 1.807) is 7.05 Å². The maximum absolute atomic E-state index is 13.3. The molecule has 0 aliphatic carbocycles. The fraction of sp³-hybridized carbons (Fsp3) is 0.652. The van der Waals surface area contributed by atoms with Crippen LogP contribution >= 0.6 is 0 Å². The number of carbonyl (C=O) groups excluding carboxylic acids is 1. The number of aromatic nitrogens is 3. The number of nitrogens with zero attached hydrogens (tertiary/aromatic N) is 4. The normalized spacial score (nSPS) is 15.1. The second kappa shape index (κ2) is 10.8. The molecule has 176 valence electrons. The van der Waals surface area contributed by atoms with Crippen LogP contribution in [0.4, 0.5) is 0 Å². The Labute approximate surface area is 187 Å². The molecule has 32 heavy (non-hydrogen) atoms. The Bertz CT molecular complexity index is 1140. The van der Waals surface area contributed by atoms with Crippen molar-refractivity contribution in [3.05, 3.63) is 42.8 Å². The summed E-state index contributed by atoms with van der Waals surface area (Å²) in [5.74, 6) is -0.454. The molecule has 0 aromatic carbocycles. The molecule has 2 aromatic rings. The summed E-state index contributed by atoms with van der Waals surface area (Å²) in [6, 6.07) is 1.24. The van der Waals surface area contributed by atoms with Crippen molar-refractivity contribution in [2.75, 3.05) is 26.2 Å². The van der Waals surface area contributed by atoms with Gasteiger partial charge in [-0.2, -0.15) is 0 Å². The Morgan fingerprint density at radius 3 is 2.19 bits per heavy atom. The van der Waals surface area contributed by atoms with Crippen LogP contribution in [0.15, 0.2) is 20.4 Å². The topological polar surface area (TPSA) is 98.3 Å². The highest BCUT2D eigenvalue weighted by Gasteiger charge is 2.22. The highest BCUT2D eigenvalue weighted by Crippen LogP contribution is 2.13. The number of fused-ring (bicyclic) bond motifs is 1. The Kier molecular flexibility index (Phi) is 8.06. The summed E-state index contributed by atoms with van der Waals surface area (Å²) in [6.07, 6.45) is 6.07. The minimum Gasteiger partial charge on any atom is -0.351 e. The van der Waals surface area contributed by atoms with Crippen molar-refractivity contribution in [1.82, 2.24) is 23.9 Å². The van der Waals surface area contributed by atoms with Crippen LogP contribution < -0.4 is 22.1 Å². The van der Waals surface area contributed by atoms with Gasteiger partial charge in [0.2, 0.25) is 0 Å². The van der Waals surface area contributed by atoms with Crippen molar-refractivity contribution in [3.8, 4) is 0 Å². The molecule has 0 unspecified atom stereocenters. The summed E-state index contributed by atoms with van der Waals surface area (Å²) in [6.45, 7) is 7.62. The second-order valence-corrected chi connectivity index (χ2v) is 8.56. The van der Waals surface area contributed by atoms with E-state index in [1.165, 1.54) is 40.9 Å². The highest BCUT2D eigenvalue weighted by molar-refractivity contribution is 6.05. The maximum Gasteiger partial charge on any atom is 0.332 e. The molecule has 0 atom stereocenters. The molecule has 3 rings (SSSR count). The van der Waals surface area contributed by atoms with E-state index < -0.39 is 17.2 Å². The molecule has 1 amide bonds. The third-order valence-corrected chi connectivity index (χ3v) is 6.13. The van der Waals surface area contributed by atoms with Crippen LogP contribution in [0, 0.1) is 0 Å². The first-order valence-corrected chi connectivity index (χ1v) is 11.8. The molecule has 2 aromatic heterocycles. The zero-order valence-corrected chi connectivity index (χ0v) is 19.5. The van der Waals surface area contributed by atoms with Crippen LogP contribution in [-0.4, -0.2) is 50.7 Å². The lowest BCUT2D eigenvalue weighted by molar-refractivity contribution is 0.0949. The van der Waals surface area contributed by atoms with Gasteiger partial charge in [-0.05, 0) is 38.8 Å². The van der Waals surface area contributed by atoms with Crippen LogP contribution in [0.25, 0.3) is 11.0 Å². The third kappa shape index (κ3) is 4.87. The predicted octanol–water partition coefficient (Wildman–Crippen LogP) is 1.29. The molecule has 1 aliphatic rings. The Balaban J connectivity index is 2.03. The number of hydrogen-bond donors (Lipinski definition) is 1. The highest BCUT2D eigenvalue weighted by atomic mass is 16.2. The number of nitrogens with one attached hydrogen (secondary N) is 1. The van der Waals surface area contributed by atoms with E-state index in [-0.39, 0.29) is 28.7 Å². The van der Waals surface area contributed by atoms with E-state index in [1.807, 2.05) is 13.8 Å². The molecule has 3 heterocycles. The quantitative estimate of drug-likeness (QED) is 0.660. The average molecular weight is 446 g/mol. The largest absolute Gasteiger partial charge is 0.351 e. The summed E-state index contributed by atoms with van der Waals surface area (Å²) in [4.78, 5) is 54.4. The van der Waals surface area contributed by atoms with E-state index in [4.69, 9.17) is 0 Å². The summed E-state index contributed by atoms with van der Waals surface area (Å²) in [5, 5.41) is 3.01. The van der Waals surface area contributed by atoms with Crippen molar-refractivity contribution in [2.45, 2.75) is 65.5 Å². The van der Waals surface area contributed by atoms with Crippen LogP contribution in [0.2, 0.25) is 0 Å². The van der Waals surface area contributed by atoms with Crippen molar-refractivity contribution in [1.29, 1.82) is 0 Å². The first kappa shape index (κ1) is 24.0. The molecule has 1 aliphatic heterocycles. The zero-order chi connectivity index (χ0) is 23.3. The van der Waals surface area contributed by atoms with Gasteiger partial charge in [0, 0.05) is 39.3 Å². The summed E-state index contributed by atoms with van der Waals surface area (Å²) >= 11 is 0. The van der Waals surface area contributed by atoms with Crippen molar-refractivity contribution < 1.29 is 4.79 Å². The SMILES string of the molecule is CCCn1c(=O)c2c(C(=O)NCCN3CCCCCC3)cc(=O)n(CCC)c2n(C)c1=O. The molecule has 0 spiro atoms. The summed E-state index contributed by atoms with van der Waals surface area (Å²) in [7, 11) is 1.54. The number of amides is 1. The Morgan fingerprint density at radius 2 is 1.56 bits per heavy atom. The first-order chi connectivity index (χ1) is 15.4. The molecule has 1 fully saturated rings. The smallest absolute Gasteiger partial charge is 0.332 e. The molecule has 9 nitrogen and oxygen atoms in total. The number of hydrogen-bond acceptors (Lipinski definition) is 5. The summed E-state index contributed by atoms with van der Waals surface area (Å²) < 4.78 is 3.89. The molecule has 0 radical (unpaired) electrons. The lowest BCUT2D eigenvalue weighted by atomic mass is 10.1. The minimum atomic E-state index is -0.521. The van der Waals surface area contributed by atoms with Crippen molar-refractivity contribution in [3.63, 3.8) is 0 Å². The molecule has 1 saturated heterocycles. The Hall–Kier alpha value is -2.68. The Morgan fingerprint density at radius 1 is 0.938 bits per heavy atom. The van der Waals surface area contributed by atoms with Crippen LogP contribution in [0.1, 0.15) is 62.7 Å².